The molecule has 0 spiro atoms. The molecular formula is C10H7N3. The minimum Gasteiger partial charge on any atom is -0.265 e. The molecule has 0 saturated heterocycles. The Kier molecular flexibility index (Phi) is 2.12. The molecule has 3 heteroatoms. The van der Waals surface area contributed by atoms with Crippen LogP contribution in [0, 0.1) is 0 Å². The van der Waals surface area contributed by atoms with Crippen molar-refractivity contribution in [1.29, 1.82) is 0 Å². The lowest BCUT2D eigenvalue weighted by Crippen LogP contribution is -1.80. The number of allylic oxidation sites excluding steroid dienone is 1. The van der Waals surface area contributed by atoms with Gasteiger partial charge in [0.15, 0.2) is 0 Å². The van der Waals surface area contributed by atoms with Gasteiger partial charge in [-0.25, -0.2) is 4.99 Å². The Morgan fingerprint density at radius 1 is 1.15 bits per heavy atom. The molecule has 0 N–H and O–H groups in total. The van der Waals surface area contributed by atoms with Crippen molar-refractivity contribution in [2.45, 2.75) is 0 Å². The first kappa shape index (κ1) is 7.65. The second-order valence-corrected chi connectivity index (χ2v) is 2.45. The summed E-state index contributed by atoms with van der Waals surface area (Å²) in [6, 6.07) is 3.79. The second-order valence-electron chi connectivity index (χ2n) is 2.45. The van der Waals surface area contributed by atoms with Gasteiger partial charge < -0.3 is 0 Å². The topological polar surface area (TPSA) is 37.6 Å². The maximum atomic E-state index is 4.19. The third-order valence-electron chi connectivity index (χ3n) is 1.60. The number of pyridine rings is 1. The standard InChI is InChI=1S/C10H7N3/c1-4-12-8-10(13-5-1)9-2-6-11-7-3-9/h1-3,5-8H. The van der Waals surface area contributed by atoms with Gasteiger partial charge in [-0.05, 0) is 18.0 Å². The summed E-state index contributed by atoms with van der Waals surface area (Å²) in [4.78, 5) is 12.0. The van der Waals surface area contributed by atoms with Crippen LogP contribution in [-0.4, -0.2) is 17.1 Å². The van der Waals surface area contributed by atoms with Crippen LogP contribution in [0.15, 0.2) is 46.8 Å². The second kappa shape index (κ2) is 3.61. The molecule has 2 heterocycles. The van der Waals surface area contributed by atoms with Crippen molar-refractivity contribution in [2.24, 2.45) is 9.98 Å². The van der Waals surface area contributed by atoms with Crippen LogP contribution in [0.1, 0.15) is 5.56 Å². The van der Waals surface area contributed by atoms with E-state index in [0.29, 0.717) is 0 Å². The van der Waals surface area contributed by atoms with E-state index in [-0.39, 0.29) is 0 Å². The van der Waals surface area contributed by atoms with Crippen molar-refractivity contribution < 1.29 is 0 Å². The molecule has 0 unspecified atom stereocenters. The molecule has 0 aromatic carbocycles. The molecule has 1 aromatic heterocycles. The molecule has 2 rings (SSSR count). The number of nitrogens with zero attached hydrogens (tertiary/aromatic N) is 3. The third kappa shape index (κ3) is 1.78. The zero-order valence-electron chi connectivity index (χ0n) is 6.88. The highest BCUT2D eigenvalue weighted by atomic mass is 14.8. The van der Waals surface area contributed by atoms with E-state index in [1.165, 1.54) is 0 Å². The van der Waals surface area contributed by atoms with Crippen molar-refractivity contribution in [1.82, 2.24) is 4.98 Å². The van der Waals surface area contributed by atoms with E-state index in [9.17, 15) is 0 Å². The summed E-state index contributed by atoms with van der Waals surface area (Å²) >= 11 is 0. The van der Waals surface area contributed by atoms with Crippen LogP contribution in [0.25, 0.3) is 5.70 Å². The Balaban J connectivity index is 2.39. The predicted molar refractivity (Wildman–Crippen MR) is 52.7 cm³/mol. The maximum absolute atomic E-state index is 4.19. The van der Waals surface area contributed by atoms with Crippen molar-refractivity contribution in [3.63, 3.8) is 0 Å². The van der Waals surface area contributed by atoms with Gasteiger partial charge >= 0.3 is 0 Å². The Morgan fingerprint density at radius 3 is 2.85 bits per heavy atom. The molecule has 1 aliphatic rings. The normalized spacial score (nSPS) is 14.0. The molecule has 0 amide bonds. The van der Waals surface area contributed by atoms with Crippen LogP contribution in [0.4, 0.5) is 0 Å². The van der Waals surface area contributed by atoms with Gasteiger partial charge in [0.25, 0.3) is 0 Å². The van der Waals surface area contributed by atoms with Crippen LogP contribution in [0.2, 0.25) is 0 Å². The lowest BCUT2D eigenvalue weighted by molar-refractivity contribution is 1.31. The van der Waals surface area contributed by atoms with E-state index in [2.05, 4.69) is 20.8 Å². The van der Waals surface area contributed by atoms with Crippen molar-refractivity contribution >= 4 is 17.8 Å². The lowest BCUT2D eigenvalue weighted by atomic mass is 10.2. The summed E-state index contributed by atoms with van der Waals surface area (Å²) in [7, 11) is 0. The summed E-state index contributed by atoms with van der Waals surface area (Å²) in [6.45, 7) is 0. The van der Waals surface area contributed by atoms with Gasteiger partial charge in [0.2, 0.25) is 0 Å². The van der Waals surface area contributed by atoms with E-state index in [4.69, 9.17) is 0 Å². The summed E-state index contributed by atoms with van der Waals surface area (Å²) in [5.74, 6) is 2.71. The molecule has 0 saturated carbocycles. The van der Waals surface area contributed by atoms with Crippen LogP contribution >= 0.6 is 0 Å². The summed E-state index contributed by atoms with van der Waals surface area (Å²) < 4.78 is 0. The van der Waals surface area contributed by atoms with E-state index in [1.54, 1.807) is 30.9 Å². The van der Waals surface area contributed by atoms with Gasteiger partial charge in [0.1, 0.15) is 0 Å². The first-order valence-corrected chi connectivity index (χ1v) is 3.88. The first-order valence-electron chi connectivity index (χ1n) is 3.88. The van der Waals surface area contributed by atoms with Gasteiger partial charge in [-0.2, -0.15) is 0 Å². The van der Waals surface area contributed by atoms with E-state index in [1.807, 2.05) is 12.1 Å². The van der Waals surface area contributed by atoms with Gasteiger partial charge in [-0.1, -0.05) is 0 Å². The molecule has 0 fully saturated rings. The van der Waals surface area contributed by atoms with Gasteiger partial charge in [-0.15, -0.1) is 0 Å². The highest BCUT2D eigenvalue weighted by molar-refractivity contribution is 5.89. The van der Waals surface area contributed by atoms with Crippen LogP contribution < -0.4 is 0 Å². The van der Waals surface area contributed by atoms with Gasteiger partial charge in [0, 0.05) is 30.2 Å². The summed E-state index contributed by atoms with van der Waals surface area (Å²) in [5.41, 5.74) is 1.83. The van der Waals surface area contributed by atoms with E-state index < -0.39 is 0 Å². The zero-order chi connectivity index (χ0) is 8.93. The molecule has 13 heavy (non-hydrogen) atoms. The molecule has 1 aromatic rings. The maximum Gasteiger partial charge on any atom is 0.0893 e. The molecule has 3 nitrogen and oxygen atoms in total. The van der Waals surface area contributed by atoms with Gasteiger partial charge in [-0.3, -0.25) is 9.98 Å². The predicted octanol–water partition coefficient (Wildman–Crippen LogP) is 1.69. The van der Waals surface area contributed by atoms with Crippen molar-refractivity contribution in [3.05, 3.63) is 42.4 Å². The first-order chi connectivity index (χ1) is 6.47. The fourth-order valence-corrected chi connectivity index (χ4v) is 0.997. The Bertz CT molecular complexity index is 409. The lowest BCUT2D eigenvalue weighted by Gasteiger charge is -1.97. The third-order valence-corrected chi connectivity index (χ3v) is 1.60. The highest BCUT2D eigenvalue weighted by Gasteiger charge is 1.97. The van der Waals surface area contributed by atoms with Crippen LogP contribution in [0.5, 0.6) is 0 Å². The highest BCUT2D eigenvalue weighted by Crippen LogP contribution is 2.14. The number of rotatable bonds is 1. The number of hydrogen-bond donors (Lipinski definition) is 0. The van der Waals surface area contributed by atoms with Crippen molar-refractivity contribution in [2.75, 3.05) is 0 Å². The average molecular weight is 169 g/mol. The molecule has 1 aliphatic heterocycles. The van der Waals surface area contributed by atoms with Crippen LogP contribution in [0.3, 0.4) is 0 Å². The number of aliphatic imine (C=N–C) groups is 2. The Labute approximate surface area is 75.9 Å². The molecule has 0 radical (unpaired) electrons. The molecular weight excluding hydrogens is 162 g/mol. The quantitative estimate of drug-likeness (QED) is 0.630. The minimum absolute atomic E-state index is 0.823. The largest absolute Gasteiger partial charge is 0.265 e. The number of aromatic nitrogens is 1. The average Bonchev–Trinajstić information content (AvgIpc) is 2.47. The van der Waals surface area contributed by atoms with Gasteiger partial charge in [0.05, 0.1) is 11.9 Å². The Hall–Kier alpha value is -1.99. The smallest absolute Gasteiger partial charge is 0.0893 e. The Morgan fingerprint density at radius 2 is 2.00 bits per heavy atom. The number of hydrogen-bond acceptors (Lipinski definition) is 3. The van der Waals surface area contributed by atoms with Crippen molar-refractivity contribution in [3.8, 4) is 0 Å². The molecule has 62 valence electrons. The molecule has 0 atom stereocenters. The molecule has 0 bridgehead atoms. The minimum atomic E-state index is 0.823. The summed E-state index contributed by atoms with van der Waals surface area (Å²) in [6.07, 6.45) is 8.48. The van der Waals surface area contributed by atoms with E-state index in [0.717, 1.165) is 11.3 Å². The van der Waals surface area contributed by atoms with Crippen LogP contribution in [-0.2, 0) is 0 Å². The summed E-state index contributed by atoms with van der Waals surface area (Å²) in [5, 5.41) is 0. The monoisotopic (exact) mass is 169 g/mol. The SMILES string of the molecule is C1=CC=NC(c2ccncc2)=CN=1. The van der Waals surface area contributed by atoms with E-state index >= 15 is 0 Å². The molecule has 0 aliphatic carbocycles. The fourth-order valence-electron chi connectivity index (χ4n) is 0.997. The fraction of sp³-hybridized carbons (Fsp3) is 0. The zero-order valence-corrected chi connectivity index (χ0v) is 6.88.